The molecular weight excluding hydrogens is 242 g/mol. The van der Waals surface area contributed by atoms with Crippen molar-refractivity contribution in [2.24, 2.45) is 0 Å². The van der Waals surface area contributed by atoms with E-state index in [2.05, 4.69) is 5.32 Å². The van der Waals surface area contributed by atoms with Crippen molar-refractivity contribution in [1.29, 1.82) is 0 Å². The minimum absolute atomic E-state index is 0.159. The normalized spacial score (nSPS) is 14.3. The van der Waals surface area contributed by atoms with Crippen LogP contribution in [0.15, 0.2) is 36.4 Å². The van der Waals surface area contributed by atoms with Gasteiger partial charge in [-0.05, 0) is 12.0 Å². The number of amides is 1. The van der Waals surface area contributed by atoms with Crippen LogP contribution in [0.2, 0.25) is 0 Å². The van der Waals surface area contributed by atoms with E-state index in [-0.39, 0.29) is 12.5 Å². The standard InChI is InChI=1S/C15H21NO3/c1-2-6-15(19)16-13(11-17)14(18)10-9-12-7-4-3-5-8-12/h3-5,7-10,13-14,17-18H,2,6,11H2,1H3,(H,16,19)/b10-9+/t13-,14-/m0/s1. The zero-order chi connectivity index (χ0) is 14.1. The summed E-state index contributed by atoms with van der Waals surface area (Å²) in [6.07, 6.45) is 3.55. The van der Waals surface area contributed by atoms with Crippen LogP contribution in [0.5, 0.6) is 0 Å². The maximum atomic E-state index is 11.4. The van der Waals surface area contributed by atoms with Gasteiger partial charge in [0.15, 0.2) is 0 Å². The summed E-state index contributed by atoms with van der Waals surface area (Å²) < 4.78 is 0. The van der Waals surface area contributed by atoms with E-state index in [9.17, 15) is 15.0 Å². The van der Waals surface area contributed by atoms with E-state index < -0.39 is 12.1 Å². The van der Waals surface area contributed by atoms with Crippen molar-refractivity contribution >= 4 is 12.0 Å². The van der Waals surface area contributed by atoms with Gasteiger partial charge < -0.3 is 15.5 Å². The molecule has 0 aliphatic rings. The predicted octanol–water partition coefficient (Wildman–Crippen LogP) is 1.34. The Balaban J connectivity index is 2.56. The molecule has 0 fully saturated rings. The average molecular weight is 263 g/mol. The van der Waals surface area contributed by atoms with Gasteiger partial charge in [-0.1, -0.05) is 49.4 Å². The number of aliphatic hydroxyl groups is 2. The summed E-state index contributed by atoms with van der Waals surface area (Å²) in [6, 6.07) is 8.87. The highest BCUT2D eigenvalue weighted by molar-refractivity contribution is 5.76. The van der Waals surface area contributed by atoms with Crippen molar-refractivity contribution in [3.05, 3.63) is 42.0 Å². The molecule has 19 heavy (non-hydrogen) atoms. The molecule has 1 rings (SSSR count). The van der Waals surface area contributed by atoms with Gasteiger partial charge in [-0.15, -0.1) is 0 Å². The molecule has 3 N–H and O–H groups in total. The van der Waals surface area contributed by atoms with Gasteiger partial charge in [-0.3, -0.25) is 4.79 Å². The maximum Gasteiger partial charge on any atom is 0.220 e. The third-order valence-corrected chi connectivity index (χ3v) is 2.72. The van der Waals surface area contributed by atoms with Crippen LogP contribution in [0.25, 0.3) is 6.08 Å². The van der Waals surface area contributed by atoms with Crippen LogP contribution in [0.1, 0.15) is 25.3 Å². The third-order valence-electron chi connectivity index (χ3n) is 2.72. The van der Waals surface area contributed by atoms with Crippen molar-refractivity contribution in [3.63, 3.8) is 0 Å². The summed E-state index contributed by atoms with van der Waals surface area (Å²) in [5, 5.41) is 21.7. The second-order valence-electron chi connectivity index (χ2n) is 4.37. The Kier molecular flexibility index (Phi) is 6.85. The van der Waals surface area contributed by atoms with E-state index in [0.717, 1.165) is 12.0 Å². The molecular formula is C15H21NO3. The van der Waals surface area contributed by atoms with E-state index in [1.165, 1.54) is 0 Å². The number of benzene rings is 1. The van der Waals surface area contributed by atoms with Gasteiger partial charge in [-0.25, -0.2) is 0 Å². The summed E-state index contributed by atoms with van der Waals surface area (Å²) >= 11 is 0. The van der Waals surface area contributed by atoms with Crippen LogP contribution in [-0.4, -0.2) is 34.9 Å². The molecule has 0 aliphatic heterocycles. The lowest BCUT2D eigenvalue weighted by molar-refractivity contribution is -0.122. The number of aliphatic hydroxyl groups excluding tert-OH is 2. The Morgan fingerprint density at radius 3 is 2.63 bits per heavy atom. The molecule has 1 aromatic rings. The Morgan fingerprint density at radius 2 is 2.05 bits per heavy atom. The van der Waals surface area contributed by atoms with Crippen molar-refractivity contribution in [2.45, 2.75) is 31.9 Å². The zero-order valence-corrected chi connectivity index (χ0v) is 11.1. The third kappa shape index (κ3) is 5.68. The second-order valence-corrected chi connectivity index (χ2v) is 4.37. The number of hydrogen-bond acceptors (Lipinski definition) is 3. The molecule has 0 spiro atoms. The molecule has 0 unspecified atom stereocenters. The number of nitrogens with one attached hydrogen (secondary N) is 1. The first-order valence-electron chi connectivity index (χ1n) is 6.49. The average Bonchev–Trinajstić information content (AvgIpc) is 2.43. The largest absolute Gasteiger partial charge is 0.394 e. The zero-order valence-electron chi connectivity index (χ0n) is 11.1. The van der Waals surface area contributed by atoms with Crippen LogP contribution < -0.4 is 5.32 Å². The Morgan fingerprint density at radius 1 is 1.37 bits per heavy atom. The van der Waals surface area contributed by atoms with Gasteiger partial charge in [-0.2, -0.15) is 0 Å². The van der Waals surface area contributed by atoms with Gasteiger partial charge in [0, 0.05) is 6.42 Å². The Labute approximate surface area is 113 Å². The van der Waals surface area contributed by atoms with Crippen LogP contribution in [0, 0.1) is 0 Å². The molecule has 0 heterocycles. The lowest BCUT2D eigenvalue weighted by Crippen LogP contribution is -2.45. The summed E-state index contributed by atoms with van der Waals surface area (Å²) in [5.41, 5.74) is 0.957. The molecule has 0 radical (unpaired) electrons. The second kappa shape index (κ2) is 8.45. The van der Waals surface area contributed by atoms with E-state index >= 15 is 0 Å². The van der Waals surface area contributed by atoms with E-state index in [0.29, 0.717) is 6.42 Å². The number of rotatable bonds is 7. The SMILES string of the molecule is CCCC(=O)N[C@@H](CO)[C@@H](O)/C=C/c1ccccc1. The highest BCUT2D eigenvalue weighted by Crippen LogP contribution is 2.04. The predicted molar refractivity (Wildman–Crippen MR) is 75.4 cm³/mol. The van der Waals surface area contributed by atoms with E-state index in [1.807, 2.05) is 37.3 Å². The van der Waals surface area contributed by atoms with Crippen LogP contribution in [0.3, 0.4) is 0 Å². The molecule has 4 nitrogen and oxygen atoms in total. The molecule has 1 aromatic carbocycles. The Hall–Kier alpha value is -1.65. The maximum absolute atomic E-state index is 11.4. The fraction of sp³-hybridized carbons (Fsp3) is 0.400. The highest BCUT2D eigenvalue weighted by atomic mass is 16.3. The first-order chi connectivity index (χ1) is 9.17. The van der Waals surface area contributed by atoms with Gasteiger partial charge in [0.1, 0.15) is 0 Å². The molecule has 0 saturated heterocycles. The topological polar surface area (TPSA) is 69.6 Å². The summed E-state index contributed by atoms with van der Waals surface area (Å²) in [6.45, 7) is 1.61. The fourth-order valence-corrected chi connectivity index (χ4v) is 1.65. The summed E-state index contributed by atoms with van der Waals surface area (Å²) in [7, 11) is 0. The Bertz CT molecular complexity index is 403. The van der Waals surface area contributed by atoms with Gasteiger partial charge in [0.25, 0.3) is 0 Å². The fourth-order valence-electron chi connectivity index (χ4n) is 1.65. The van der Waals surface area contributed by atoms with Gasteiger partial charge in [0.05, 0.1) is 18.8 Å². The lowest BCUT2D eigenvalue weighted by atomic mass is 10.1. The van der Waals surface area contributed by atoms with Crippen molar-refractivity contribution in [1.82, 2.24) is 5.32 Å². The molecule has 2 atom stereocenters. The van der Waals surface area contributed by atoms with Crippen molar-refractivity contribution < 1.29 is 15.0 Å². The number of carbonyl (C=O) groups is 1. The minimum Gasteiger partial charge on any atom is -0.394 e. The lowest BCUT2D eigenvalue weighted by Gasteiger charge is -2.19. The smallest absolute Gasteiger partial charge is 0.220 e. The minimum atomic E-state index is -0.911. The van der Waals surface area contributed by atoms with E-state index in [1.54, 1.807) is 12.2 Å². The molecule has 0 saturated carbocycles. The van der Waals surface area contributed by atoms with Gasteiger partial charge in [0.2, 0.25) is 5.91 Å². The van der Waals surface area contributed by atoms with E-state index in [4.69, 9.17) is 0 Å². The molecule has 104 valence electrons. The number of carbonyl (C=O) groups excluding carboxylic acids is 1. The first-order valence-corrected chi connectivity index (χ1v) is 6.49. The van der Waals surface area contributed by atoms with Gasteiger partial charge >= 0.3 is 0 Å². The first kappa shape index (κ1) is 15.4. The molecule has 0 aliphatic carbocycles. The quantitative estimate of drug-likeness (QED) is 0.695. The van der Waals surface area contributed by atoms with Crippen LogP contribution in [-0.2, 0) is 4.79 Å². The molecule has 4 heteroatoms. The summed E-state index contributed by atoms with van der Waals surface area (Å²) in [5.74, 6) is -0.159. The summed E-state index contributed by atoms with van der Waals surface area (Å²) in [4.78, 5) is 11.4. The van der Waals surface area contributed by atoms with Crippen LogP contribution >= 0.6 is 0 Å². The molecule has 1 amide bonds. The molecule has 0 aromatic heterocycles. The monoisotopic (exact) mass is 263 g/mol. The van der Waals surface area contributed by atoms with Crippen molar-refractivity contribution in [3.8, 4) is 0 Å². The number of hydrogen-bond donors (Lipinski definition) is 3. The van der Waals surface area contributed by atoms with Crippen LogP contribution in [0.4, 0.5) is 0 Å². The highest BCUT2D eigenvalue weighted by Gasteiger charge is 2.17. The molecule has 0 bridgehead atoms. The van der Waals surface area contributed by atoms with Crippen molar-refractivity contribution in [2.75, 3.05) is 6.61 Å².